The van der Waals surface area contributed by atoms with Gasteiger partial charge in [-0.05, 0) is 43.2 Å². The summed E-state index contributed by atoms with van der Waals surface area (Å²) in [5.74, 6) is -0.508. The second-order valence-electron chi connectivity index (χ2n) is 5.21. The topological polar surface area (TPSA) is 78.7 Å². The minimum Gasteiger partial charge on any atom is -0.496 e. The number of nitrogens with zero attached hydrogens (tertiary/aromatic N) is 1. The molecule has 0 radical (unpaired) electrons. The van der Waals surface area contributed by atoms with E-state index in [0.717, 1.165) is 16.7 Å². The molecule has 2 rings (SSSR count). The van der Waals surface area contributed by atoms with Crippen LogP contribution in [-0.2, 0) is 4.79 Å². The third kappa shape index (κ3) is 4.19. The summed E-state index contributed by atoms with van der Waals surface area (Å²) in [6.45, 7) is 3.92. The third-order valence-electron chi connectivity index (χ3n) is 3.40. The van der Waals surface area contributed by atoms with Gasteiger partial charge < -0.3 is 9.47 Å². The molecular weight excluding hydrogens is 310 g/mol. The molecule has 2 aromatic carbocycles. The molecule has 0 saturated heterocycles. The Kier molecular flexibility index (Phi) is 5.31. The van der Waals surface area contributed by atoms with Gasteiger partial charge >= 0.3 is 11.7 Å². The molecule has 0 spiro atoms. The van der Waals surface area contributed by atoms with Gasteiger partial charge in [-0.2, -0.15) is 0 Å². The Hall–Kier alpha value is -3.15. The van der Waals surface area contributed by atoms with Gasteiger partial charge in [-0.1, -0.05) is 23.8 Å². The smallest absolute Gasteiger partial charge is 0.336 e. The monoisotopic (exact) mass is 327 g/mol. The van der Waals surface area contributed by atoms with Crippen LogP contribution in [0, 0.1) is 24.0 Å². The molecule has 6 nitrogen and oxygen atoms in total. The molecule has 0 unspecified atom stereocenters. The van der Waals surface area contributed by atoms with Gasteiger partial charge in [-0.15, -0.1) is 0 Å². The largest absolute Gasteiger partial charge is 0.496 e. The fraction of sp³-hybridized carbons (Fsp3) is 0.167. The number of methoxy groups -OCH3 is 1. The number of hydrogen-bond donors (Lipinski definition) is 0. The standard InChI is InChI=1S/C18H17NO5/c1-12-4-5-14(13(2)10-12)6-9-18(20)24-17-8-7-15(23-3)11-16(17)19(21)22/h4-11H,1-3H3/b9-6+. The average Bonchev–Trinajstić information content (AvgIpc) is 2.54. The highest BCUT2D eigenvalue weighted by Crippen LogP contribution is 2.31. The van der Waals surface area contributed by atoms with Gasteiger partial charge in [0.15, 0.2) is 0 Å². The maximum atomic E-state index is 11.9. The van der Waals surface area contributed by atoms with Crippen molar-refractivity contribution in [2.75, 3.05) is 7.11 Å². The van der Waals surface area contributed by atoms with E-state index >= 15 is 0 Å². The summed E-state index contributed by atoms with van der Waals surface area (Å²) in [5, 5.41) is 11.1. The molecule has 0 saturated carbocycles. The molecular formula is C18H17NO5. The lowest BCUT2D eigenvalue weighted by Gasteiger charge is -2.05. The zero-order valence-electron chi connectivity index (χ0n) is 13.6. The minimum absolute atomic E-state index is 0.129. The van der Waals surface area contributed by atoms with E-state index < -0.39 is 10.9 Å². The maximum absolute atomic E-state index is 11.9. The zero-order valence-corrected chi connectivity index (χ0v) is 13.6. The highest BCUT2D eigenvalue weighted by molar-refractivity contribution is 5.89. The van der Waals surface area contributed by atoms with Crippen LogP contribution in [0.5, 0.6) is 11.5 Å². The first-order chi connectivity index (χ1) is 11.4. The van der Waals surface area contributed by atoms with Crippen molar-refractivity contribution in [1.29, 1.82) is 0 Å². The highest BCUT2D eigenvalue weighted by atomic mass is 16.6. The predicted octanol–water partition coefficient (Wildman–Crippen LogP) is 3.84. The Morgan fingerprint density at radius 1 is 1.17 bits per heavy atom. The number of carbonyl (C=O) groups excluding carboxylic acids is 1. The van der Waals surface area contributed by atoms with Gasteiger partial charge in [-0.25, -0.2) is 4.79 Å². The molecule has 0 atom stereocenters. The quantitative estimate of drug-likeness (QED) is 0.274. The maximum Gasteiger partial charge on any atom is 0.336 e. The number of nitro groups is 1. The summed E-state index contributed by atoms with van der Waals surface area (Å²) in [6.07, 6.45) is 2.86. The summed E-state index contributed by atoms with van der Waals surface area (Å²) in [4.78, 5) is 22.4. The molecule has 0 fully saturated rings. The lowest BCUT2D eigenvalue weighted by molar-refractivity contribution is -0.385. The molecule has 0 aliphatic rings. The first kappa shape index (κ1) is 17.2. The Morgan fingerprint density at radius 3 is 2.54 bits per heavy atom. The van der Waals surface area contributed by atoms with Crippen LogP contribution in [0.1, 0.15) is 16.7 Å². The SMILES string of the molecule is COc1ccc(OC(=O)/C=C/c2ccc(C)cc2C)c([N+](=O)[O-])c1. The van der Waals surface area contributed by atoms with Crippen LogP contribution in [0.4, 0.5) is 5.69 Å². The van der Waals surface area contributed by atoms with Crippen molar-refractivity contribution in [3.63, 3.8) is 0 Å². The molecule has 0 bridgehead atoms. The number of carbonyl (C=O) groups is 1. The van der Waals surface area contributed by atoms with E-state index in [2.05, 4.69) is 0 Å². The summed E-state index contributed by atoms with van der Waals surface area (Å²) >= 11 is 0. The second-order valence-corrected chi connectivity index (χ2v) is 5.21. The number of hydrogen-bond acceptors (Lipinski definition) is 5. The van der Waals surface area contributed by atoms with Crippen molar-refractivity contribution >= 4 is 17.7 Å². The second kappa shape index (κ2) is 7.41. The van der Waals surface area contributed by atoms with Crippen molar-refractivity contribution in [2.45, 2.75) is 13.8 Å². The molecule has 24 heavy (non-hydrogen) atoms. The number of nitro benzene ring substituents is 1. The molecule has 124 valence electrons. The van der Waals surface area contributed by atoms with Crippen LogP contribution in [0.15, 0.2) is 42.5 Å². The van der Waals surface area contributed by atoms with Crippen LogP contribution in [0.25, 0.3) is 6.08 Å². The summed E-state index contributed by atoms with van der Waals surface area (Å²) in [6, 6.07) is 9.86. The van der Waals surface area contributed by atoms with Crippen LogP contribution in [0.3, 0.4) is 0 Å². The Labute approximate surface area is 139 Å². The van der Waals surface area contributed by atoms with Gasteiger partial charge in [-0.3, -0.25) is 10.1 Å². The van der Waals surface area contributed by atoms with Gasteiger partial charge in [0, 0.05) is 6.08 Å². The van der Waals surface area contributed by atoms with Gasteiger partial charge in [0.25, 0.3) is 0 Å². The lowest BCUT2D eigenvalue weighted by Crippen LogP contribution is -2.06. The summed E-state index contributed by atoms with van der Waals surface area (Å²) in [5.41, 5.74) is 2.69. The van der Waals surface area contributed by atoms with E-state index in [0.29, 0.717) is 5.75 Å². The molecule has 0 aliphatic heterocycles. The zero-order chi connectivity index (χ0) is 17.7. The van der Waals surface area contributed by atoms with Gasteiger partial charge in [0.05, 0.1) is 18.1 Å². The van der Waals surface area contributed by atoms with E-state index in [1.54, 1.807) is 6.08 Å². The van der Waals surface area contributed by atoms with E-state index in [1.165, 1.54) is 31.4 Å². The van der Waals surface area contributed by atoms with Gasteiger partial charge in [0.2, 0.25) is 5.75 Å². The Morgan fingerprint density at radius 2 is 1.92 bits per heavy atom. The molecule has 0 heterocycles. The van der Waals surface area contributed by atoms with E-state index in [9.17, 15) is 14.9 Å². The minimum atomic E-state index is -0.691. The van der Waals surface area contributed by atoms with Crippen LogP contribution < -0.4 is 9.47 Å². The van der Waals surface area contributed by atoms with E-state index in [4.69, 9.17) is 9.47 Å². The highest BCUT2D eigenvalue weighted by Gasteiger charge is 2.18. The number of esters is 1. The molecule has 0 aliphatic carbocycles. The van der Waals surface area contributed by atoms with Crippen molar-refractivity contribution in [3.8, 4) is 11.5 Å². The molecule has 2 aromatic rings. The molecule has 6 heteroatoms. The Balaban J connectivity index is 2.17. The van der Waals surface area contributed by atoms with Crippen LogP contribution in [-0.4, -0.2) is 18.0 Å². The lowest BCUT2D eigenvalue weighted by atomic mass is 10.1. The van der Waals surface area contributed by atoms with Crippen LogP contribution in [0.2, 0.25) is 0 Å². The van der Waals surface area contributed by atoms with Crippen molar-refractivity contribution in [2.24, 2.45) is 0 Å². The summed E-state index contributed by atoms with van der Waals surface area (Å²) in [7, 11) is 1.40. The van der Waals surface area contributed by atoms with E-state index in [-0.39, 0.29) is 11.4 Å². The van der Waals surface area contributed by atoms with Gasteiger partial charge in [0.1, 0.15) is 5.75 Å². The fourth-order valence-corrected chi connectivity index (χ4v) is 2.17. The van der Waals surface area contributed by atoms with Crippen LogP contribution >= 0.6 is 0 Å². The number of aryl methyl sites for hydroxylation is 2. The molecule has 0 N–H and O–H groups in total. The molecule has 0 aromatic heterocycles. The normalized spacial score (nSPS) is 10.6. The number of ether oxygens (including phenoxy) is 2. The summed E-state index contributed by atoms with van der Waals surface area (Å²) < 4.78 is 10.0. The Bertz CT molecular complexity index is 811. The van der Waals surface area contributed by atoms with Crippen molar-refractivity contribution in [1.82, 2.24) is 0 Å². The molecule has 0 amide bonds. The third-order valence-corrected chi connectivity index (χ3v) is 3.40. The number of benzene rings is 2. The first-order valence-electron chi connectivity index (χ1n) is 7.20. The average molecular weight is 327 g/mol. The predicted molar refractivity (Wildman–Crippen MR) is 90.2 cm³/mol. The first-order valence-corrected chi connectivity index (χ1v) is 7.20. The fourth-order valence-electron chi connectivity index (χ4n) is 2.17. The van der Waals surface area contributed by atoms with Crippen molar-refractivity contribution < 1.29 is 19.2 Å². The van der Waals surface area contributed by atoms with Crippen molar-refractivity contribution in [3.05, 3.63) is 69.3 Å². The number of rotatable bonds is 5. The van der Waals surface area contributed by atoms with E-state index in [1.807, 2.05) is 32.0 Å².